The summed E-state index contributed by atoms with van der Waals surface area (Å²) in [4.78, 5) is 0. The van der Waals surface area contributed by atoms with Gasteiger partial charge < -0.3 is 5.32 Å². The van der Waals surface area contributed by atoms with Crippen molar-refractivity contribution in [2.75, 3.05) is 7.05 Å². The first-order chi connectivity index (χ1) is 6.11. The number of hydrogen-bond acceptors (Lipinski definition) is 1. The van der Waals surface area contributed by atoms with Crippen LogP contribution in [0.15, 0.2) is 0 Å². The van der Waals surface area contributed by atoms with Gasteiger partial charge >= 0.3 is 0 Å². The van der Waals surface area contributed by atoms with Gasteiger partial charge in [-0.2, -0.15) is 0 Å². The molecule has 2 unspecified atom stereocenters. The lowest BCUT2D eigenvalue weighted by Gasteiger charge is -2.41. The van der Waals surface area contributed by atoms with Gasteiger partial charge in [-0.3, -0.25) is 0 Å². The molecule has 1 saturated carbocycles. The zero-order valence-corrected chi connectivity index (χ0v) is 9.06. The van der Waals surface area contributed by atoms with Gasteiger partial charge in [-0.25, -0.2) is 0 Å². The van der Waals surface area contributed by atoms with E-state index in [9.17, 15) is 0 Å². The zero-order valence-electron chi connectivity index (χ0n) is 9.06. The Morgan fingerprint density at radius 2 is 2.15 bits per heavy atom. The Balaban J connectivity index is 2.70. The molecule has 1 fully saturated rings. The molecular weight excluding hydrogens is 158 g/mol. The summed E-state index contributed by atoms with van der Waals surface area (Å²) in [5.74, 6) is 3.52. The summed E-state index contributed by atoms with van der Waals surface area (Å²) in [7, 11) is 1.97. The molecule has 0 radical (unpaired) electrons. The summed E-state index contributed by atoms with van der Waals surface area (Å²) >= 11 is 0. The van der Waals surface area contributed by atoms with Crippen LogP contribution in [0.5, 0.6) is 0 Å². The summed E-state index contributed by atoms with van der Waals surface area (Å²) < 4.78 is 0. The van der Waals surface area contributed by atoms with Crippen molar-refractivity contribution in [3.05, 3.63) is 0 Å². The van der Waals surface area contributed by atoms with Gasteiger partial charge in [0.25, 0.3) is 0 Å². The molecule has 2 atom stereocenters. The van der Waals surface area contributed by atoms with Gasteiger partial charge in [0.2, 0.25) is 0 Å². The number of hydrogen-bond donors (Lipinski definition) is 1. The van der Waals surface area contributed by atoms with Gasteiger partial charge in [-0.15, -0.1) is 6.42 Å². The van der Waals surface area contributed by atoms with Crippen molar-refractivity contribution in [1.29, 1.82) is 0 Å². The molecule has 0 saturated heterocycles. The fourth-order valence-electron chi connectivity index (χ4n) is 2.54. The summed E-state index contributed by atoms with van der Waals surface area (Å²) in [5, 5.41) is 3.24. The van der Waals surface area contributed by atoms with Crippen LogP contribution < -0.4 is 5.32 Å². The zero-order chi connectivity index (χ0) is 9.90. The van der Waals surface area contributed by atoms with E-state index in [0.717, 1.165) is 0 Å². The SMILES string of the molecule is C#CC(NC)C1CCCCC1(C)C. The molecule has 1 aliphatic rings. The van der Waals surface area contributed by atoms with Crippen LogP contribution in [0.3, 0.4) is 0 Å². The van der Waals surface area contributed by atoms with Crippen LogP contribution in [0.1, 0.15) is 39.5 Å². The molecule has 1 N–H and O–H groups in total. The van der Waals surface area contributed by atoms with E-state index >= 15 is 0 Å². The van der Waals surface area contributed by atoms with Crippen LogP contribution in [0.4, 0.5) is 0 Å². The van der Waals surface area contributed by atoms with Gasteiger partial charge in [-0.1, -0.05) is 32.6 Å². The maximum Gasteiger partial charge on any atom is 0.0718 e. The largest absolute Gasteiger partial charge is 0.307 e. The first-order valence-corrected chi connectivity index (χ1v) is 5.25. The molecule has 0 aromatic carbocycles. The van der Waals surface area contributed by atoms with E-state index in [-0.39, 0.29) is 6.04 Å². The van der Waals surface area contributed by atoms with E-state index in [1.807, 2.05) is 7.05 Å². The first kappa shape index (κ1) is 10.6. The highest BCUT2D eigenvalue weighted by Crippen LogP contribution is 2.42. The summed E-state index contributed by atoms with van der Waals surface area (Å²) in [6, 6.07) is 0.260. The average molecular weight is 179 g/mol. The van der Waals surface area contributed by atoms with E-state index in [0.29, 0.717) is 11.3 Å². The van der Waals surface area contributed by atoms with E-state index in [1.54, 1.807) is 0 Å². The molecule has 0 aliphatic heterocycles. The molecule has 0 heterocycles. The second-order valence-corrected chi connectivity index (χ2v) is 4.77. The minimum Gasteiger partial charge on any atom is -0.307 e. The Morgan fingerprint density at radius 1 is 1.46 bits per heavy atom. The van der Waals surface area contributed by atoms with Crippen molar-refractivity contribution in [2.24, 2.45) is 11.3 Å². The summed E-state index contributed by atoms with van der Waals surface area (Å²) in [5.41, 5.74) is 0.415. The first-order valence-electron chi connectivity index (χ1n) is 5.25. The molecule has 1 aliphatic carbocycles. The molecule has 1 nitrogen and oxygen atoms in total. The van der Waals surface area contributed by atoms with Crippen molar-refractivity contribution in [2.45, 2.75) is 45.6 Å². The van der Waals surface area contributed by atoms with Gasteiger partial charge in [0.05, 0.1) is 6.04 Å². The van der Waals surface area contributed by atoms with Crippen LogP contribution in [-0.2, 0) is 0 Å². The molecule has 0 bridgehead atoms. The third-order valence-corrected chi connectivity index (χ3v) is 3.48. The standard InChI is InChI=1S/C12H21N/c1-5-11(13-4)10-8-6-7-9-12(10,2)3/h1,10-11,13H,6-9H2,2-4H3. The lowest BCUT2D eigenvalue weighted by atomic mass is 9.66. The Bertz CT molecular complexity index is 200. The fraction of sp³-hybridized carbons (Fsp3) is 0.833. The molecule has 1 heteroatoms. The number of rotatable bonds is 2. The maximum atomic E-state index is 5.52. The van der Waals surface area contributed by atoms with Crippen LogP contribution >= 0.6 is 0 Å². The highest BCUT2D eigenvalue weighted by Gasteiger charge is 2.36. The fourth-order valence-corrected chi connectivity index (χ4v) is 2.54. The molecule has 1 rings (SSSR count). The van der Waals surface area contributed by atoms with Crippen LogP contribution in [-0.4, -0.2) is 13.1 Å². The molecule has 0 spiro atoms. The Hall–Kier alpha value is -0.480. The predicted octanol–water partition coefficient (Wildman–Crippen LogP) is 2.42. The average Bonchev–Trinajstić information content (AvgIpc) is 2.09. The smallest absolute Gasteiger partial charge is 0.0718 e. The van der Waals surface area contributed by atoms with Crippen LogP contribution in [0.2, 0.25) is 0 Å². The second-order valence-electron chi connectivity index (χ2n) is 4.77. The second kappa shape index (κ2) is 4.15. The molecule has 0 aromatic heterocycles. The lowest BCUT2D eigenvalue weighted by Crippen LogP contribution is -2.42. The van der Waals surface area contributed by atoms with Gasteiger partial charge in [0.1, 0.15) is 0 Å². The van der Waals surface area contributed by atoms with Crippen molar-refractivity contribution < 1.29 is 0 Å². The molecule has 0 aromatic rings. The lowest BCUT2D eigenvalue weighted by molar-refractivity contribution is 0.119. The Labute approximate surface area is 82.3 Å². The van der Waals surface area contributed by atoms with Gasteiger partial charge in [0.15, 0.2) is 0 Å². The minimum atomic E-state index is 0.260. The monoisotopic (exact) mass is 179 g/mol. The molecular formula is C12H21N. The van der Waals surface area contributed by atoms with E-state index in [2.05, 4.69) is 25.1 Å². The summed E-state index contributed by atoms with van der Waals surface area (Å²) in [6.45, 7) is 4.69. The Kier molecular flexibility index (Phi) is 3.39. The van der Waals surface area contributed by atoms with E-state index < -0.39 is 0 Å². The molecule has 74 valence electrons. The van der Waals surface area contributed by atoms with Crippen molar-refractivity contribution in [1.82, 2.24) is 5.32 Å². The minimum absolute atomic E-state index is 0.260. The third-order valence-electron chi connectivity index (χ3n) is 3.48. The summed E-state index contributed by atoms with van der Waals surface area (Å²) in [6.07, 6.45) is 10.8. The highest BCUT2D eigenvalue weighted by molar-refractivity contribution is 5.05. The van der Waals surface area contributed by atoms with E-state index in [4.69, 9.17) is 6.42 Å². The predicted molar refractivity (Wildman–Crippen MR) is 57.4 cm³/mol. The van der Waals surface area contributed by atoms with Gasteiger partial charge in [-0.05, 0) is 31.2 Å². The number of terminal acetylenes is 1. The quantitative estimate of drug-likeness (QED) is 0.642. The van der Waals surface area contributed by atoms with Crippen molar-refractivity contribution in [3.8, 4) is 12.3 Å². The third kappa shape index (κ3) is 2.25. The topological polar surface area (TPSA) is 12.0 Å². The van der Waals surface area contributed by atoms with Crippen LogP contribution in [0.25, 0.3) is 0 Å². The normalized spacial score (nSPS) is 29.2. The van der Waals surface area contributed by atoms with Crippen molar-refractivity contribution in [3.63, 3.8) is 0 Å². The number of nitrogens with one attached hydrogen (secondary N) is 1. The van der Waals surface area contributed by atoms with Crippen molar-refractivity contribution >= 4 is 0 Å². The van der Waals surface area contributed by atoms with Crippen LogP contribution in [0, 0.1) is 23.7 Å². The maximum absolute atomic E-state index is 5.52. The van der Waals surface area contributed by atoms with E-state index in [1.165, 1.54) is 25.7 Å². The highest BCUT2D eigenvalue weighted by atomic mass is 14.9. The molecule has 0 amide bonds. The van der Waals surface area contributed by atoms with Gasteiger partial charge in [0, 0.05) is 0 Å². The Morgan fingerprint density at radius 3 is 2.62 bits per heavy atom. The molecule has 13 heavy (non-hydrogen) atoms.